The van der Waals surface area contributed by atoms with Crippen molar-refractivity contribution in [2.75, 3.05) is 36.1 Å². The molecule has 0 unspecified atom stereocenters. The summed E-state index contributed by atoms with van der Waals surface area (Å²) >= 11 is 1.40. The molecule has 0 spiro atoms. The number of aromatic nitrogens is 5. The molecule has 9 nitrogen and oxygen atoms in total. The monoisotopic (exact) mass is 407 g/mol. The smallest absolute Gasteiger partial charge is 0.285 e. The summed E-state index contributed by atoms with van der Waals surface area (Å²) in [4.78, 5) is 21.6. The Morgan fingerprint density at radius 3 is 2.90 bits per heavy atom. The van der Waals surface area contributed by atoms with E-state index in [1.165, 1.54) is 22.2 Å². The minimum Gasteiger partial charge on any atom is -0.378 e. The highest BCUT2D eigenvalue weighted by atomic mass is 32.1. The number of benzene rings is 1. The second kappa shape index (κ2) is 7.57. The summed E-state index contributed by atoms with van der Waals surface area (Å²) in [5.74, 6) is -0.269. The predicted molar refractivity (Wildman–Crippen MR) is 109 cm³/mol. The van der Waals surface area contributed by atoms with E-state index in [-0.39, 0.29) is 11.6 Å². The first-order valence-corrected chi connectivity index (χ1v) is 10.0. The van der Waals surface area contributed by atoms with Crippen molar-refractivity contribution >= 4 is 39.4 Å². The highest BCUT2D eigenvalue weighted by Crippen LogP contribution is 2.31. The summed E-state index contributed by atoms with van der Waals surface area (Å²) in [7, 11) is 0. The van der Waals surface area contributed by atoms with Gasteiger partial charge in [-0.25, -0.2) is 4.98 Å². The van der Waals surface area contributed by atoms with E-state index in [9.17, 15) is 4.79 Å². The van der Waals surface area contributed by atoms with Crippen LogP contribution in [0.25, 0.3) is 5.65 Å². The van der Waals surface area contributed by atoms with E-state index in [1.807, 2.05) is 29.6 Å². The average molecular weight is 407 g/mol. The molecule has 1 aliphatic rings. The first kappa shape index (κ1) is 17.7. The van der Waals surface area contributed by atoms with E-state index in [4.69, 9.17) is 4.74 Å². The summed E-state index contributed by atoms with van der Waals surface area (Å²) < 4.78 is 6.93. The molecular weight excluding hydrogens is 390 g/mol. The third-order valence-corrected chi connectivity index (χ3v) is 5.42. The van der Waals surface area contributed by atoms with Crippen LogP contribution in [0, 0.1) is 0 Å². The van der Waals surface area contributed by atoms with Crippen molar-refractivity contribution in [3.63, 3.8) is 0 Å². The van der Waals surface area contributed by atoms with E-state index in [1.54, 1.807) is 23.2 Å². The molecule has 0 radical (unpaired) electrons. The predicted octanol–water partition coefficient (Wildman–Crippen LogP) is 2.40. The van der Waals surface area contributed by atoms with Gasteiger partial charge in [0.1, 0.15) is 12.0 Å². The number of nitrogens with zero attached hydrogens (tertiary/aromatic N) is 7. The highest BCUT2D eigenvalue weighted by molar-refractivity contribution is 7.13. The molecule has 4 aromatic rings. The highest BCUT2D eigenvalue weighted by Gasteiger charge is 2.24. The number of thiazole rings is 1. The minimum atomic E-state index is -0.269. The van der Waals surface area contributed by atoms with Crippen LogP contribution in [0.15, 0.2) is 54.3 Å². The third-order valence-electron chi connectivity index (χ3n) is 4.66. The number of fused-ring (bicyclic) bond motifs is 1. The summed E-state index contributed by atoms with van der Waals surface area (Å²) in [5, 5.41) is 14.5. The second-order valence-electron chi connectivity index (χ2n) is 6.43. The molecule has 1 aliphatic heterocycles. The second-order valence-corrected chi connectivity index (χ2v) is 7.30. The van der Waals surface area contributed by atoms with Crippen LogP contribution in [0.1, 0.15) is 10.5 Å². The van der Waals surface area contributed by atoms with Gasteiger partial charge in [0.15, 0.2) is 10.8 Å². The molecule has 10 heteroatoms. The van der Waals surface area contributed by atoms with Crippen molar-refractivity contribution in [2.45, 2.75) is 0 Å². The lowest BCUT2D eigenvalue weighted by molar-refractivity contribution is 0.0993. The summed E-state index contributed by atoms with van der Waals surface area (Å²) in [6.45, 7) is 3.03. The quantitative estimate of drug-likeness (QED) is 0.513. The van der Waals surface area contributed by atoms with Gasteiger partial charge in [0, 0.05) is 30.4 Å². The number of anilines is 3. The molecule has 1 fully saturated rings. The Bertz CT molecular complexity index is 1140. The maximum Gasteiger partial charge on any atom is 0.285 e. The van der Waals surface area contributed by atoms with E-state index >= 15 is 0 Å². The Balaban J connectivity index is 1.54. The van der Waals surface area contributed by atoms with E-state index in [0.29, 0.717) is 24.0 Å². The van der Waals surface area contributed by atoms with E-state index in [0.717, 1.165) is 24.5 Å². The molecule has 146 valence electrons. The molecule has 3 aromatic heterocycles. The van der Waals surface area contributed by atoms with Crippen LogP contribution in [0.4, 0.5) is 16.5 Å². The molecular formula is C19H17N7O2S. The van der Waals surface area contributed by atoms with Crippen LogP contribution >= 0.6 is 11.3 Å². The number of morpholine rings is 1. The Kier molecular flexibility index (Phi) is 4.62. The zero-order valence-electron chi connectivity index (χ0n) is 15.4. The minimum absolute atomic E-state index is 0.269. The summed E-state index contributed by atoms with van der Waals surface area (Å²) in [5.41, 5.74) is 2.64. The van der Waals surface area contributed by atoms with E-state index in [2.05, 4.69) is 25.2 Å². The maximum absolute atomic E-state index is 13.4. The van der Waals surface area contributed by atoms with Crippen LogP contribution in [-0.2, 0) is 4.74 Å². The number of hydrogen-bond acceptors (Lipinski definition) is 8. The first-order chi connectivity index (χ1) is 14.3. The molecule has 0 saturated carbocycles. The summed E-state index contributed by atoms with van der Waals surface area (Å²) in [6, 6.07) is 11.3. The van der Waals surface area contributed by atoms with Crippen molar-refractivity contribution in [2.24, 2.45) is 0 Å². The van der Waals surface area contributed by atoms with Crippen molar-refractivity contribution < 1.29 is 9.53 Å². The lowest BCUT2D eigenvalue weighted by Gasteiger charge is -2.30. The zero-order chi connectivity index (χ0) is 19.6. The van der Waals surface area contributed by atoms with Crippen LogP contribution in [0.3, 0.4) is 0 Å². The molecule has 1 amide bonds. The van der Waals surface area contributed by atoms with Gasteiger partial charge < -0.3 is 9.64 Å². The van der Waals surface area contributed by atoms with Gasteiger partial charge in [0.25, 0.3) is 5.91 Å². The number of carbonyl (C=O) groups excluding carboxylic acids is 1. The SMILES string of the molecule is O=C(c1ccc2nncn2n1)N(c1cccc(N2CCOCC2)c1)c1nccs1. The Morgan fingerprint density at radius 1 is 1.17 bits per heavy atom. The number of rotatable bonds is 4. The van der Waals surface area contributed by atoms with Gasteiger partial charge in [-0.3, -0.25) is 9.69 Å². The number of amides is 1. The van der Waals surface area contributed by atoms with Gasteiger partial charge >= 0.3 is 0 Å². The van der Waals surface area contributed by atoms with Crippen molar-refractivity contribution in [3.05, 3.63) is 60.0 Å². The fraction of sp³-hybridized carbons (Fsp3) is 0.211. The molecule has 0 bridgehead atoms. The van der Waals surface area contributed by atoms with Gasteiger partial charge in [-0.05, 0) is 30.3 Å². The fourth-order valence-corrected chi connectivity index (χ4v) is 3.91. The van der Waals surface area contributed by atoms with Crippen LogP contribution in [0.5, 0.6) is 0 Å². The fourth-order valence-electron chi connectivity index (χ4n) is 3.25. The van der Waals surface area contributed by atoms with Crippen LogP contribution in [-0.4, -0.2) is 57.0 Å². The van der Waals surface area contributed by atoms with Crippen molar-refractivity contribution in [1.82, 2.24) is 24.8 Å². The molecule has 5 rings (SSSR count). The third kappa shape index (κ3) is 3.43. The van der Waals surface area contributed by atoms with Gasteiger partial charge in [-0.1, -0.05) is 6.07 Å². The van der Waals surface area contributed by atoms with Crippen molar-refractivity contribution in [1.29, 1.82) is 0 Å². The maximum atomic E-state index is 13.4. The van der Waals surface area contributed by atoms with Gasteiger partial charge in [0.2, 0.25) is 0 Å². The molecule has 1 aromatic carbocycles. The largest absolute Gasteiger partial charge is 0.378 e. The zero-order valence-corrected chi connectivity index (χ0v) is 16.2. The Hall–Kier alpha value is -3.37. The summed E-state index contributed by atoms with van der Waals surface area (Å²) in [6.07, 6.45) is 3.15. The standard InChI is InChI=1S/C19H17N7O2S/c27-18(16-4-5-17-22-21-13-25(17)23-16)26(19-20-6-11-29-19)15-3-1-2-14(12-15)24-7-9-28-10-8-24/h1-6,11-13H,7-10H2. The molecule has 0 N–H and O–H groups in total. The lowest BCUT2D eigenvalue weighted by Crippen LogP contribution is -2.36. The molecule has 0 aliphatic carbocycles. The number of carbonyl (C=O) groups is 1. The van der Waals surface area contributed by atoms with Gasteiger partial charge in [-0.15, -0.1) is 21.5 Å². The van der Waals surface area contributed by atoms with Gasteiger partial charge in [0.05, 0.1) is 18.9 Å². The molecule has 0 atom stereocenters. The molecule has 1 saturated heterocycles. The van der Waals surface area contributed by atoms with Gasteiger partial charge in [-0.2, -0.15) is 9.61 Å². The normalized spacial score (nSPS) is 14.3. The van der Waals surface area contributed by atoms with Crippen LogP contribution < -0.4 is 9.80 Å². The Labute approximate surface area is 170 Å². The molecule has 4 heterocycles. The Morgan fingerprint density at radius 2 is 2.07 bits per heavy atom. The first-order valence-electron chi connectivity index (χ1n) is 9.13. The average Bonchev–Trinajstić information content (AvgIpc) is 3.46. The lowest BCUT2D eigenvalue weighted by atomic mass is 10.2. The molecule has 29 heavy (non-hydrogen) atoms. The van der Waals surface area contributed by atoms with Crippen LogP contribution in [0.2, 0.25) is 0 Å². The number of ether oxygens (including phenoxy) is 1. The van der Waals surface area contributed by atoms with E-state index < -0.39 is 0 Å². The number of hydrogen-bond donors (Lipinski definition) is 0. The topological polar surface area (TPSA) is 88.8 Å². The van der Waals surface area contributed by atoms with Crippen molar-refractivity contribution in [3.8, 4) is 0 Å².